The highest BCUT2D eigenvalue weighted by atomic mass is 19.4. The van der Waals surface area contributed by atoms with Crippen LogP contribution in [0.25, 0.3) is 16.6 Å². The molecule has 4 N–H and O–H groups in total. The number of carbonyl (C=O) groups excluding carboxylic acids is 2. The Morgan fingerprint density at radius 1 is 1.11 bits per heavy atom. The number of urea groups is 1. The summed E-state index contributed by atoms with van der Waals surface area (Å²) in [6.07, 6.45) is -0.689. The van der Waals surface area contributed by atoms with Gasteiger partial charge >= 0.3 is 24.3 Å². The number of aliphatic carboxylic acids is 1. The summed E-state index contributed by atoms with van der Waals surface area (Å²) in [5.74, 6) is -2.72. The second-order valence-corrected chi connectivity index (χ2v) is 11.2. The number of benzene rings is 1. The number of aromatic nitrogens is 4. The van der Waals surface area contributed by atoms with Crippen molar-refractivity contribution in [2.45, 2.75) is 57.9 Å². The molecule has 16 heteroatoms. The number of nitrogens with one attached hydrogen (secondary N) is 3. The van der Waals surface area contributed by atoms with Gasteiger partial charge in [0.15, 0.2) is 0 Å². The minimum Gasteiger partial charge on any atom is -0.475 e. The number of hydrogen-bond donors (Lipinski definition) is 4. The molecule has 4 heterocycles. The topological polar surface area (TPSA) is 171 Å². The van der Waals surface area contributed by atoms with Gasteiger partial charge in [-0.2, -0.15) is 18.3 Å². The van der Waals surface area contributed by atoms with Crippen LogP contribution in [0, 0.1) is 0 Å². The maximum atomic E-state index is 12.7. The number of carboxylic acid groups (broad SMARTS) is 1. The van der Waals surface area contributed by atoms with Crippen LogP contribution in [0.15, 0.2) is 53.6 Å². The van der Waals surface area contributed by atoms with E-state index in [0.29, 0.717) is 54.7 Å². The highest BCUT2D eigenvalue weighted by Crippen LogP contribution is 2.32. The summed E-state index contributed by atoms with van der Waals surface area (Å²) in [6, 6.07) is 10.3. The number of piperidine rings is 1. The van der Waals surface area contributed by atoms with Crippen molar-refractivity contribution in [3.05, 3.63) is 70.4 Å². The highest BCUT2D eigenvalue weighted by Gasteiger charge is 2.38. The monoisotopic (exact) mass is 631 g/mol. The Morgan fingerprint density at radius 2 is 1.80 bits per heavy atom. The Bertz CT molecular complexity index is 1740. The molecule has 0 atom stereocenters. The number of amides is 3. The fourth-order valence-electron chi connectivity index (χ4n) is 4.72. The number of aromatic amines is 1. The number of H-pyrrole nitrogens is 1. The average Bonchev–Trinajstić information content (AvgIpc) is 3.34. The Morgan fingerprint density at radius 3 is 2.40 bits per heavy atom. The van der Waals surface area contributed by atoms with Crippen LogP contribution < -0.4 is 16.2 Å². The molecule has 0 unspecified atom stereocenters. The molecule has 5 rings (SSSR count). The number of fused-ring (bicyclic) bond motifs is 3. The number of alkyl halides is 3. The molecule has 1 aliphatic heterocycles. The molecule has 0 saturated carbocycles. The highest BCUT2D eigenvalue weighted by molar-refractivity contribution is 6.07. The van der Waals surface area contributed by atoms with E-state index in [1.807, 2.05) is 45.0 Å². The smallest absolute Gasteiger partial charge is 0.475 e. The fraction of sp³-hybridized carbons (Fsp3) is 0.379. The minimum atomic E-state index is -5.08. The standard InChI is InChI=1S/C27H31N7O4.C2HF3O2/c1-27(2,3)38-26(37)33-12-9-18(10-13-33)21-14-22(35)31-24-23-19(7-4-8-20(23)32-34(21)24)30-25(36)29-16-17-6-5-11-28-15-17;3-2(4,5)1(6)7/h4-8,11,14-15,18H,9-10,12-13,16H2,1-3H3,(H,31,35)(H2,29,30,36);(H,6,7). The van der Waals surface area contributed by atoms with Crippen molar-refractivity contribution in [3.63, 3.8) is 0 Å². The molecule has 4 aromatic rings. The normalized spacial score (nSPS) is 14.0. The molecule has 45 heavy (non-hydrogen) atoms. The van der Waals surface area contributed by atoms with Crippen molar-refractivity contribution in [2.75, 3.05) is 18.4 Å². The summed E-state index contributed by atoms with van der Waals surface area (Å²) in [6.45, 7) is 6.92. The van der Waals surface area contributed by atoms with Crippen LogP contribution in [-0.2, 0) is 16.1 Å². The second kappa shape index (κ2) is 13.2. The first kappa shape index (κ1) is 32.8. The Kier molecular flexibility index (Phi) is 9.63. The largest absolute Gasteiger partial charge is 0.490 e. The van der Waals surface area contributed by atoms with Crippen LogP contribution in [0.4, 0.5) is 28.4 Å². The van der Waals surface area contributed by atoms with Gasteiger partial charge in [0, 0.05) is 44.0 Å². The van der Waals surface area contributed by atoms with Crippen molar-refractivity contribution in [3.8, 4) is 0 Å². The minimum absolute atomic E-state index is 0.0342. The third kappa shape index (κ3) is 8.49. The van der Waals surface area contributed by atoms with Gasteiger partial charge in [0.1, 0.15) is 11.2 Å². The molecule has 240 valence electrons. The van der Waals surface area contributed by atoms with Gasteiger partial charge in [0.05, 0.1) is 22.3 Å². The first-order valence-electron chi connectivity index (χ1n) is 13.9. The lowest BCUT2D eigenvalue weighted by Gasteiger charge is -2.33. The van der Waals surface area contributed by atoms with Crippen molar-refractivity contribution in [2.24, 2.45) is 0 Å². The van der Waals surface area contributed by atoms with Crippen LogP contribution in [0.2, 0.25) is 0 Å². The van der Waals surface area contributed by atoms with Crippen molar-refractivity contribution in [1.82, 2.24) is 29.8 Å². The molecule has 3 amide bonds. The number of anilines is 1. The van der Waals surface area contributed by atoms with Crippen LogP contribution >= 0.6 is 0 Å². The van der Waals surface area contributed by atoms with Crippen molar-refractivity contribution >= 4 is 40.3 Å². The Balaban J connectivity index is 0.000000591. The van der Waals surface area contributed by atoms with E-state index in [4.69, 9.17) is 19.7 Å². The van der Waals surface area contributed by atoms with Gasteiger partial charge < -0.3 is 30.4 Å². The van der Waals surface area contributed by atoms with Gasteiger partial charge in [-0.25, -0.2) is 18.9 Å². The Labute approximate surface area is 254 Å². The molecule has 3 aromatic heterocycles. The summed E-state index contributed by atoms with van der Waals surface area (Å²) >= 11 is 0. The number of pyridine rings is 1. The molecule has 13 nitrogen and oxygen atoms in total. The summed E-state index contributed by atoms with van der Waals surface area (Å²) in [5, 5.41) is 18.2. The first-order valence-corrected chi connectivity index (χ1v) is 13.9. The molecule has 1 saturated heterocycles. The third-order valence-electron chi connectivity index (χ3n) is 6.70. The zero-order chi connectivity index (χ0) is 32.9. The number of nitrogens with zero attached hydrogens (tertiary/aromatic N) is 4. The second-order valence-electron chi connectivity index (χ2n) is 11.2. The molecule has 0 radical (unpaired) electrons. The number of carbonyl (C=O) groups is 3. The zero-order valence-corrected chi connectivity index (χ0v) is 24.6. The lowest BCUT2D eigenvalue weighted by Crippen LogP contribution is -2.41. The van der Waals surface area contributed by atoms with Gasteiger partial charge in [0.2, 0.25) is 0 Å². The van der Waals surface area contributed by atoms with E-state index >= 15 is 0 Å². The molecule has 1 aromatic carbocycles. The molecule has 1 fully saturated rings. The lowest BCUT2D eigenvalue weighted by atomic mass is 9.93. The maximum absolute atomic E-state index is 12.7. The van der Waals surface area contributed by atoms with Gasteiger partial charge in [-0.15, -0.1) is 0 Å². The zero-order valence-electron chi connectivity index (χ0n) is 24.6. The molecular formula is C29H32F3N7O6. The fourth-order valence-corrected chi connectivity index (χ4v) is 4.72. The van der Waals surface area contributed by atoms with Gasteiger partial charge in [-0.1, -0.05) is 12.1 Å². The van der Waals surface area contributed by atoms with Crippen LogP contribution in [0.1, 0.15) is 50.8 Å². The summed E-state index contributed by atoms with van der Waals surface area (Å²) < 4.78 is 39.0. The molecular weight excluding hydrogens is 599 g/mol. The number of ether oxygens (including phenoxy) is 1. The average molecular weight is 632 g/mol. The van der Waals surface area contributed by atoms with E-state index in [1.54, 1.807) is 33.9 Å². The summed E-state index contributed by atoms with van der Waals surface area (Å²) in [5.41, 5.74) is 2.54. The first-order chi connectivity index (χ1) is 21.1. The van der Waals surface area contributed by atoms with E-state index in [-0.39, 0.29) is 23.6 Å². The lowest BCUT2D eigenvalue weighted by molar-refractivity contribution is -0.192. The van der Waals surface area contributed by atoms with E-state index in [0.717, 1.165) is 11.3 Å². The predicted molar refractivity (Wildman–Crippen MR) is 157 cm³/mol. The maximum Gasteiger partial charge on any atom is 0.490 e. The summed E-state index contributed by atoms with van der Waals surface area (Å²) in [7, 11) is 0. The molecule has 0 aliphatic carbocycles. The summed E-state index contributed by atoms with van der Waals surface area (Å²) in [4.78, 5) is 55.4. The Hall–Kier alpha value is -5.15. The molecule has 0 spiro atoms. The van der Waals surface area contributed by atoms with Gasteiger partial charge in [-0.05, 0) is 57.4 Å². The van der Waals surface area contributed by atoms with Gasteiger partial charge in [-0.3, -0.25) is 9.78 Å². The van der Waals surface area contributed by atoms with Crippen LogP contribution in [0.5, 0.6) is 0 Å². The number of carboxylic acids is 1. The molecule has 1 aliphatic rings. The van der Waals surface area contributed by atoms with E-state index in [1.165, 1.54) is 0 Å². The predicted octanol–water partition coefficient (Wildman–Crippen LogP) is 4.64. The third-order valence-corrected chi connectivity index (χ3v) is 6.70. The SMILES string of the molecule is CC(C)(C)OC(=O)N1CCC(c2cc(=O)[nH]c3c4c(NC(=O)NCc5cccnc5)cccc4nn23)CC1.O=C(O)C(F)(F)F. The number of likely N-dealkylation sites (tertiary alicyclic amines) is 1. The number of rotatable bonds is 4. The van der Waals surface area contributed by atoms with Crippen LogP contribution in [0.3, 0.4) is 0 Å². The van der Waals surface area contributed by atoms with Crippen LogP contribution in [-0.4, -0.2) is 72.5 Å². The number of hydrogen-bond acceptors (Lipinski definition) is 7. The van der Waals surface area contributed by atoms with E-state index in [9.17, 15) is 27.6 Å². The molecule has 0 bridgehead atoms. The van der Waals surface area contributed by atoms with E-state index in [2.05, 4.69) is 20.6 Å². The number of halogens is 3. The van der Waals surface area contributed by atoms with E-state index < -0.39 is 17.7 Å². The quantitative estimate of drug-likeness (QED) is 0.252. The van der Waals surface area contributed by atoms with Gasteiger partial charge in [0.25, 0.3) is 5.56 Å². The van der Waals surface area contributed by atoms with Crippen molar-refractivity contribution < 1.29 is 37.4 Å². The van der Waals surface area contributed by atoms with Crippen molar-refractivity contribution in [1.29, 1.82) is 0 Å².